The first kappa shape index (κ1) is 16.1. The van der Waals surface area contributed by atoms with Gasteiger partial charge in [0.1, 0.15) is 6.61 Å². The average molecular weight is 346 g/mol. The molecule has 1 aliphatic rings. The Hall–Kier alpha value is -3.41. The topological polar surface area (TPSA) is 67.3 Å². The molecule has 6 heteroatoms. The molecule has 26 heavy (non-hydrogen) atoms. The van der Waals surface area contributed by atoms with Gasteiger partial charge in [-0.15, -0.1) is 0 Å². The molecule has 0 spiro atoms. The Morgan fingerprint density at radius 3 is 2.77 bits per heavy atom. The van der Waals surface area contributed by atoms with Crippen molar-refractivity contribution < 1.29 is 9.53 Å². The minimum Gasteiger partial charge on any atom is -0.471 e. The third kappa shape index (κ3) is 3.49. The number of benzene rings is 1. The second-order valence-corrected chi connectivity index (χ2v) is 5.96. The van der Waals surface area contributed by atoms with Gasteiger partial charge < -0.3 is 10.1 Å². The van der Waals surface area contributed by atoms with Crippen LogP contribution < -0.4 is 15.0 Å². The van der Waals surface area contributed by atoms with Crippen molar-refractivity contribution in [1.82, 2.24) is 9.97 Å². The van der Waals surface area contributed by atoms with E-state index in [1.165, 1.54) is 5.56 Å². The second kappa shape index (κ2) is 7.23. The number of carbonyl (C=O) groups is 1. The van der Waals surface area contributed by atoms with E-state index in [1.807, 2.05) is 36.4 Å². The summed E-state index contributed by atoms with van der Waals surface area (Å²) in [6.45, 7) is 1.04. The summed E-state index contributed by atoms with van der Waals surface area (Å²) in [5.74, 6) is 0.486. The number of hydrogen-bond donors (Lipinski definition) is 1. The van der Waals surface area contributed by atoms with Crippen LogP contribution in [-0.4, -0.2) is 22.5 Å². The number of pyridine rings is 2. The van der Waals surface area contributed by atoms with Crippen molar-refractivity contribution >= 4 is 17.4 Å². The van der Waals surface area contributed by atoms with E-state index in [4.69, 9.17) is 4.74 Å². The molecule has 130 valence electrons. The molecule has 3 aromatic rings. The fourth-order valence-corrected chi connectivity index (χ4v) is 2.91. The van der Waals surface area contributed by atoms with Crippen molar-refractivity contribution in [3.8, 4) is 5.88 Å². The number of anilines is 2. The van der Waals surface area contributed by atoms with Gasteiger partial charge in [-0.25, -0.2) is 9.78 Å². The third-order valence-electron chi connectivity index (χ3n) is 4.21. The van der Waals surface area contributed by atoms with Crippen LogP contribution in [-0.2, 0) is 13.0 Å². The maximum Gasteiger partial charge on any atom is 0.326 e. The number of rotatable bonds is 4. The molecule has 0 unspecified atom stereocenters. The molecule has 1 N–H and O–H groups in total. The van der Waals surface area contributed by atoms with Gasteiger partial charge >= 0.3 is 6.03 Å². The van der Waals surface area contributed by atoms with Gasteiger partial charge in [0, 0.05) is 24.5 Å². The van der Waals surface area contributed by atoms with E-state index in [9.17, 15) is 4.79 Å². The van der Waals surface area contributed by atoms with Crippen LogP contribution in [0.5, 0.6) is 5.88 Å². The molecule has 3 heterocycles. The molecule has 0 atom stereocenters. The van der Waals surface area contributed by atoms with Gasteiger partial charge in [0.25, 0.3) is 0 Å². The molecule has 4 rings (SSSR count). The first-order valence-corrected chi connectivity index (χ1v) is 8.45. The summed E-state index contributed by atoms with van der Waals surface area (Å²) in [7, 11) is 0. The van der Waals surface area contributed by atoms with Crippen LogP contribution in [0.2, 0.25) is 0 Å². The maximum absolute atomic E-state index is 12.5. The molecule has 0 fully saturated rings. The van der Waals surface area contributed by atoms with Crippen molar-refractivity contribution in [1.29, 1.82) is 0 Å². The van der Waals surface area contributed by atoms with E-state index in [2.05, 4.69) is 21.4 Å². The molecule has 0 saturated heterocycles. The number of amides is 2. The standard InChI is InChI=1S/C20H18N4O2/c25-20(24-12-10-15-5-1-2-7-18(15)24)23-16-8-9-19(22-13-16)26-14-17-6-3-4-11-21-17/h1-9,11,13H,10,12,14H2,(H,23,25). The van der Waals surface area contributed by atoms with Crippen molar-refractivity contribution in [3.05, 3.63) is 78.2 Å². The van der Waals surface area contributed by atoms with Crippen LogP contribution in [0.25, 0.3) is 0 Å². The summed E-state index contributed by atoms with van der Waals surface area (Å²) in [6.07, 6.45) is 4.19. The molecule has 1 aliphatic heterocycles. The summed E-state index contributed by atoms with van der Waals surface area (Å²) < 4.78 is 5.60. The van der Waals surface area contributed by atoms with E-state index in [1.54, 1.807) is 29.4 Å². The molecule has 1 aromatic carbocycles. The molecule has 6 nitrogen and oxygen atoms in total. The second-order valence-electron chi connectivity index (χ2n) is 5.96. The van der Waals surface area contributed by atoms with E-state index in [0.717, 1.165) is 17.8 Å². The lowest BCUT2D eigenvalue weighted by Crippen LogP contribution is -2.33. The Morgan fingerprint density at radius 1 is 1.08 bits per heavy atom. The largest absolute Gasteiger partial charge is 0.471 e. The Bertz CT molecular complexity index is 897. The number of urea groups is 1. The highest BCUT2D eigenvalue weighted by Crippen LogP contribution is 2.28. The highest BCUT2D eigenvalue weighted by Gasteiger charge is 2.24. The third-order valence-corrected chi connectivity index (χ3v) is 4.21. The molecule has 0 radical (unpaired) electrons. The van der Waals surface area contributed by atoms with E-state index in [-0.39, 0.29) is 6.03 Å². The summed E-state index contributed by atoms with van der Waals surface area (Å²) in [5.41, 5.74) is 3.62. The Labute approximate surface area is 151 Å². The van der Waals surface area contributed by atoms with Gasteiger partial charge in [-0.3, -0.25) is 9.88 Å². The van der Waals surface area contributed by atoms with Gasteiger partial charge in [0.2, 0.25) is 5.88 Å². The summed E-state index contributed by atoms with van der Waals surface area (Å²) >= 11 is 0. The Morgan fingerprint density at radius 2 is 1.96 bits per heavy atom. The number of carbonyl (C=O) groups excluding carboxylic acids is 1. The number of hydrogen-bond acceptors (Lipinski definition) is 4. The predicted molar refractivity (Wildman–Crippen MR) is 99.3 cm³/mol. The van der Waals surface area contributed by atoms with Gasteiger partial charge in [0.05, 0.1) is 17.6 Å². The zero-order chi connectivity index (χ0) is 17.8. The van der Waals surface area contributed by atoms with Crippen LogP contribution in [0.1, 0.15) is 11.3 Å². The lowest BCUT2D eigenvalue weighted by atomic mass is 10.2. The lowest BCUT2D eigenvalue weighted by Gasteiger charge is -2.18. The van der Waals surface area contributed by atoms with Crippen molar-refractivity contribution in [3.63, 3.8) is 0 Å². The Kier molecular flexibility index (Phi) is 4.47. The number of fused-ring (bicyclic) bond motifs is 1. The molecular formula is C20H18N4O2. The molecular weight excluding hydrogens is 328 g/mol. The van der Waals surface area contributed by atoms with Crippen LogP contribution >= 0.6 is 0 Å². The maximum atomic E-state index is 12.5. The SMILES string of the molecule is O=C(Nc1ccc(OCc2ccccn2)nc1)N1CCc2ccccc21. The fraction of sp³-hybridized carbons (Fsp3) is 0.150. The van der Waals surface area contributed by atoms with Crippen molar-refractivity contribution in [2.24, 2.45) is 0 Å². The number of aromatic nitrogens is 2. The zero-order valence-electron chi connectivity index (χ0n) is 14.1. The van der Waals surface area contributed by atoms with Crippen LogP contribution in [0, 0.1) is 0 Å². The van der Waals surface area contributed by atoms with Gasteiger partial charge in [-0.2, -0.15) is 0 Å². The quantitative estimate of drug-likeness (QED) is 0.783. The lowest BCUT2D eigenvalue weighted by molar-refractivity contribution is 0.257. The first-order valence-electron chi connectivity index (χ1n) is 8.45. The van der Waals surface area contributed by atoms with E-state index >= 15 is 0 Å². The molecule has 0 bridgehead atoms. The number of nitrogens with one attached hydrogen (secondary N) is 1. The molecule has 2 amide bonds. The monoisotopic (exact) mass is 346 g/mol. The summed E-state index contributed by atoms with van der Waals surface area (Å²) in [6, 6.07) is 17.0. The molecule has 0 saturated carbocycles. The normalized spacial score (nSPS) is 12.5. The molecule has 0 aliphatic carbocycles. The minimum absolute atomic E-state index is 0.154. The highest BCUT2D eigenvalue weighted by molar-refractivity contribution is 6.03. The van der Waals surface area contributed by atoms with E-state index < -0.39 is 0 Å². The number of para-hydroxylation sites is 1. The average Bonchev–Trinajstić information content (AvgIpc) is 3.12. The number of ether oxygens (including phenoxy) is 1. The Balaban J connectivity index is 1.36. The number of nitrogens with zero attached hydrogens (tertiary/aromatic N) is 3. The fourth-order valence-electron chi connectivity index (χ4n) is 2.91. The smallest absolute Gasteiger partial charge is 0.326 e. The zero-order valence-corrected chi connectivity index (χ0v) is 14.1. The van der Waals surface area contributed by atoms with Crippen LogP contribution in [0.3, 0.4) is 0 Å². The van der Waals surface area contributed by atoms with Gasteiger partial charge in [0.15, 0.2) is 0 Å². The van der Waals surface area contributed by atoms with Gasteiger partial charge in [-0.05, 0) is 36.2 Å². The van der Waals surface area contributed by atoms with Crippen LogP contribution in [0.4, 0.5) is 16.2 Å². The first-order chi connectivity index (χ1) is 12.8. The van der Waals surface area contributed by atoms with E-state index in [0.29, 0.717) is 24.7 Å². The van der Waals surface area contributed by atoms with Gasteiger partial charge in [-0.1, -0.05) is 24.3 Å². The molecule has 2 aromatic heterocycles. The van der Waals surface area contributed by atoms with Crippen LogP contribution in [0.15, 0.2) is 67.0 Å². The predicted octanol–water partition coefficient (Wildman–Crippen LogP) is 3.65. The van der Waals surface area contributed by atoms with Crippen molar-refractivity contribution in [2.45, 2.75) is 13.0 Å². The van der Waals surface area contributed by atoms with Crippen molar-refractivity contribution in [2.75, 3.05) is 16.8 Å². The highest BCUT2D eigenvalue weighted by atomic mass is 16.5. The minimum atomic E-state index is -0.154. The summed E-state index contributed by atoms with van der Waals surface area (Å²) in [5, 5.41) is 2.88. The summed E-state index contributed by atoms with van der Waals surface area (Å²) in [4.78, 5) is 22.7.